The van der Waals surface area contributed by atoms with Crippen LogP contribution in [0.1, 0.15) is 38.3 Å². The van der Waals surface area contributed by atoms with Gasteiger partial charge < -0.3 is 9.80 Å². The van der Waals surface area contributed by atoms with Crippen molar-refractivity contribution in [2.45, 2.75) is 32.7 Å². The molecular weight excluding hydrogens is 255 g/mol. The van der Waals surface area contributed by atoms with Gasteiger partial charge in [-0.2, -0.15) is 0 Å². The quantitative estimate of drug-likeness (QED) is 0.809. The van der Waals surface area contributed by atoms with Crippen molar-refractivity contribution in [3.8, 4) is 0 Å². The van der Waals surface area contributed by atoms with E-state index in [1.165, 1.54) is 6.07 Å². The van der Waals surface area contributed by atoms with Crippen molar-refractivity contribution in [1.82, 2.24) is 9.80 Å². The van der Waals surface area contributed by atoms with E-state index in [0.29, 0.717) is 11.5 Å². The minimum absolute atomic E-state index is 0.00680. The van der Waals surface area contributed by atoms with E-state index >= 15 is 0 Å². The molecule has 1 aliphatic rings. The first-order chi connectivity index (χ1) is 9.50. The number of rotatable bonds is 2. The molecule has 0 saturated carbocycles. The SMILES string of the molecule is CC1CCN(C(=O)N(C)C(C)c2ccccc2F)CC1. The average Bonchev–Trinajstić information content (AvgIpc) is 2.46. The zero-order valence-corrected chi connectivity index (χ0v) is 12.5. The number of urea groups is 1. The van der Waals surface area contributed by atoms with Crippen molar-refractivity contribution in [3.05, 3.63) is 35.6 Å². The maximum absolute atomic E-state index is 13.8. The lowest BCUT2D eigenvalue weighted by atomic mass is 9.99. The Labute approximate surface area is 120 Å². The predicted octanol–water partition coefficient (Wildman–Crippen LogP) is 3.67. The normalized spacial score (nSPS) is 17.9. The van der Waals surface area contributed by atoms with Gasteiger partial charge in [0, 0.05) is 25.7 Å². The van der Waals surface area contributed by atoms with Gasteiger partial charge in [0.15, 0.2) is 0 Å². The second-order valence-electron chi connectivity index (χ2n) is 5.76. The Morgan fingerprint density at radius 1 is 1.35 bits per heavy atom. The van der Waals surface area contributed by atoms with E-state index < -0.39 is 0 Å². The molecule has 3 nitrogen and oxygen atoms in total. The topological polar surface area (TPSA) is 23.6 Å². The predicted molar refractivity (Wildman–Crippen MR) is 77.9 cm³/mol. The first-order valence-electron chi connectivity index (χ1n) is 7.27. The molecule has 0 aliphatic carbocycles. The third kappa shape index (κ3) is 3.11. The van der Waals surface area contributed by atoms with Gasteiger partial charge in [-0.25, -0.2) is 9.18 Å². The molecule has 0 N–H and O–H groups in total. The van der Waals surface area contributed by atoms with Crippen LogP contribution in [0.4, 0.5) is 9.18 Å². The molecule has 110 valence electrons. The maximum Gasteiger partial charge on any atom is 0.320 e. The molecule has 0 bridgehead atoms. The minimum Gasteiger partial charge on any atom is -0.325 e. The third-order valence-corrected chi connectivity index (χ3v) is 4.29. The van der Waals surface area contributed by atoms with Crippen molar-refractivity contribution >= 4 is 6.03 Å². The molecule has 2 amide bonds. The monoisotopic (exact) mass is 278 g/mol. The molecule has 2 rings (SSSR count). The molecule has 0 spiro atoms. The highest BCUT2D eigenvalue weighted by molar-refractivity contribution is 5.74. The second kappa shape index (κ2) is 6.25. The lowest BCUT2D eigenvalue weighted by molar-refractivity contribution is 0.131. The van der Waals surface area contributed by atoms with Crippen LogP contribution in [0.15, 0.2) is 24.3 Å². The Hall–Kier alpha value is -1.58. The van der Waals surface area contributed by atoms with E-state index in [2.05, 4.69) is 6.92 Å². The first kappa shape index (κ1) is 14.8. The van der Waals surface area contributed by atoms with Gasteiger partial charge in [-0.05, 0) is 31.7 Å². The molecule has 1 atom stereocenters. The summed E-state index contributed by atoms with van der Waals surface area (Å²) >= 11 is 0. The Morgan fingerprint density at radius 2 is 1.95 bits per heavy atom. The highest BCUT2D eigenvalue weighted by Gasteiger charge is 2.26. The highest BCUT2D eigenvalue weighted by atomic mass is 19.1. The van der Waals surface area contributed by atoms with E-state index in [4.69, 9.17) is 0 Å². The Morgan fingerprint density at radius 3 is 2.55 bits per heavy atom. The maximum atomic E-state index is 13.8. The summed E-state index contributed by atoms with van der Waals surface area (Å²) in [4.78, 5) is 16.0. The van der Waals surface area contributed by atoms with Gasteiger partial charge in [-0.15, -0.1) is 0 Å². The van der Waals surface area contributed by atoms with Crippen LogP contribution in [0.2, 0.25) is 0 Å². The summed E-state index contributed by atoms with van der Waals surface area (Å²) in [5.74, 6) is 0.431. The molecule has 1 aromatic carbocycles. The number of halogens is 1. The molecule has 1 unspecified atom stereocenters. The summed E-state index contributed by atoms with van der Waals surface area (Å²) in [6.45, 7) is 5.68. The number of nitrogens with zero attached hydrogens (tertiary/aromatic N) is 2. The van der Waals surface area contributed by atoms with Gasteiger partial charge in [0.1, 0.15) is 5.82 Å². The lowest BCUT2D eigenvalue weighted by Gasteiger charge is -2.35. The van der Waals surface area contributed by atoms with Gasteiger partial charge in [0.2, 0.25) is 0 Å². The summed E-state index contributed by atoms with van der Waals surface area (Å²) in [6, 6.07) is 6.37. The number of carbonyl (C=O) groups is 1. The van der Waals surface area contributed by atoms with Gasteiger partial charge in [0.25, 0.3) is 0 Å². The first-order valence-corrected chi connectivity index (χ1v) is 7.27. The van der Waals surface area contributed by atoms with Crippen LogP contribution in [0.3, 0.4) is 0 Å². The smallest absolute Gasteiger partial charge is 0.320 e. The van der Waals surface area contributed by atoms with Crippen LogP contribution in [-0.4, -0.2) is 36.0 Å². The standard InChI is InChI=1S/C16H23FN2O/c1-12-8-10-19(11-9-12)16(20)18(3)13(2)14-6-4-5-7-15(14)17/h4-7,12-13H,8-11H2,1-3H3. The van der Waals surface area contributed by atoms with Gasteiger partial charge >= 0.3 is 6.03 Å². The summed E-state index contributed by atoms with van der Waals surface area (Å²) in [7, 11) is 1.75. The minimum atomic E-state index is -0.261. The van der Waals surface area contributed by atoms with Crippen molar-refractivity contribution in [1.29, 1.82) is 0 Å². The number of carbonyl (C=O) groups excluding carboxylic acids is 1. The Bertz CT molecular complexity index is 469. The summed E-state index contributed by atoms with van der Waals surface area (Å²) in [5, 5.41) is 0. The van der Waals surface area contributed by atoms with Crippen molar-refractivity contribution in [2.24, 2.45) is 5.92 Å². The number of piperidine rings is 1. The van der Waals surface area contributed by atoms with Crippen LogP contribution in [0.5, 0.6) is 0 Å². The summed E-state index contributed by atoms with van der Waals surface area (Å²) in [6.07, 6.45) is 2.10. The third-order valence-electron chi connectivity index (χ3n) is 4.29. The number of amides is 2. The fourth-order valence-corrected chi connectivity index (χ4v) is 2.61. The highest BCUT2D eigenvalue weighted by Crippen LogP contribution is 2.24. The van der Waals surface area contributed by atoms with Gasteiger partial charge in [-0.3, -0.25) is 0 Å². The molecule has 4 heteroatoms. The van der Waals surface area contributed by atoms with Gasteiger partial charge in [-0.1, -0.05) is 25.1 Å². The molecule has 1 fully saturated rings. The molecular formula is C16H23FN2O. The molecule has 1 saturated heterocycles. The fraction of sp³-hybridized carbons (Fsp3) is 0.562. The van der Waals surface area contributed by atoms with E-state index in [-0.39, 0.29) is 17.9 Å². The van der Waals surface area contributed by atoms with E-state index in [0.717, 1.165) is 25.9 Å². The number of hydrogen-bond donors (Lipinski definition) is 0. The van der Waals surface area contributed by atoms with Crippen LogP contribution < -0.4 is 0 Å². The van der Waals surface area contributed by atoms with Gasteiger partial charge in [0.05, 0.1) is 6.04 Å². The molecule has 1 aliphatic heterocycles. The molecule has 1 heterocycles. The van der Waals surface area contributed by atoms with Crippen molar-refractivity contribution in [3.63, 3.8) is 0 Å². The number of benzene rings is 1. The van der Waals surface area contributed by atoms with E-state index in [9.17, 15) is 9.18 Å². The molecule has 1 aromatic rings. The van der Waals surface area contributed by atoms with Crippen molar-refractivity contribution in [2.75, 3.05) is 20.1 Å². The van der Waals surface area contributed by atoms with E-state index in [1.54, 1.807) is 30.1 Å². The lowest BCUT2D eigenvalue weighted by Crippen LogP contribution is -2.45. The zero-order valence-electron chi connectivity index (χ0n) is 12.5. The van der Waals surface area contributed by atoms with Crippen LogP contribution in [0, 0.1) is 11.7 Å². The number of hydrogen-bond acceptors (Lipinski definition) is 1. The fourth-order valence-electron chi connectivity index (χ4n) is 2.61. The molecule has 20 heavy (non-hydrogen) atoms. The molecule has 0 aromatic heterocycles. The average molecular weight is 278 g/mol. The van der Waals surface area contributed by atoms with Crippen LogP contribution >= 0.6 is 0 Å². The zero-order chi connectivity index (χ0) is 14.7. The Kier molecular flexibility index (Phi) is 4.63. The number of likely N-dealkylation sites (tertiary alicyclic amines) is 1. The van der Waals surface area contributed by atoms with Crippen molar-refractivity contribution < 1.29 is 9.18 Å². The largest absolute Gasteiger partial charge is 0.325 e. The van der Waals surface area contributed by atoms with Crippen LogP contribution in [-0.2, 0) is 0 Å². The second-order valence-corrected chi connectivity index (χ2v) is 5.76. The van der Waals surface area contributed by atoms with E-state index in [1.807, 2.05) is 11.8 Å². The van der Waals surface area contributed by atoms with Crippen LogP contribution in [0.25, 0.3) is 0 Å². The Balaban J connectivity index is 2.05. The summed E-state index contributed by atoms with van der Waals surface area (Å²) < 4.78 is 13.8. The summed E-state index contributed by atoms with van der Waals surface area (Å²) in [5.41, 5.74) is 0.564. The molecule has 0 radical (unpaired) electrons.